The molecule has 1 atom stereocenters. The Balaban J connectivity index is 1.66. The number of nitrogens with zero attached hydrogens (tertiary/aromatic N) is 2. The Morgan fingerprint density at radius 1 is 1.17 bits per heavy atom. The first-order chi connectivity index (χ1) is 19.4. The van der Waals surface area contributed by atoms with E-state index in [0.717, 1.165) is 23.2 Å². The molecule has 5 rings (SSSR count). The fraction of sp³-hybridized carbons (Fsp3) is 0.222. The number of benzene rings is 3. The second kappa shape index (κ2) is 10.6. The van der Waals surface area contributed by atoms with Crippen LogP contribution in [0.4, 0.5) is 28.9 Å². The summed E-state index contributed by atoms with van der Waals surface area (Å²) in [5.74, 6) is -0.888. The number of halogens is 4. The third-order valence-electron chi connectivity index (χ3n) is 6.76. The first-order valence-electron chi connectivity index (χ1n) is 12.2. The maximum absolute atomic E-state index is 13.6. The summed E-state index contributed by atoms with van der Waals surface area (Å²) in [7, 11) is 1.43. The van der Waals surface area contributed by atoms with E-state index in [4.69, 9.17) is 4.42 Å². The molecule has 4 aromatic rings. The minimum Gasteiger partial charge on any atom is -0.455 e. The third kappa shape index (κ3) is 5.52. The average Bonchev–Trinajstić information content (AvgIpc) is 3.70. The van der Waals surface area contributed by atoms with Crippen LogP contribution in [-0.2, 0) is 24.0 Å². The van der Waals surface area contributed by atoms with Crippen molar-refractivity contribution in [3.05, 3.63) is 92.8 Å². The molecule has 1 aromatic heterocycles. The van der Waals surface area contributed by atoms with E-state index in [1.54, 1.807) is 6.07 Å². The first kappa shape index (κ1) is 28.2. The summed E-state index contributed by atoms with van der Waals surface area (Å²) < 4.78 is 84.0. The number of nitrogens with one attached hydrogen (secondary N) is 1. The van der Waals surface area contributed by atoms with Crippen LogP contribution in [0, 0.1) is 15.9 Å². The van der Waals surface area contributed by atoms with Gasteiger partial charge in [0.25, 0.3) is 22.9 Å². The van der Waals surface area contributed by atoms with Crippen LogP contribution in [0.25, 0.3) is 22.3 Å². The van der Waals surface area contributed by atoms with Crippen molar-refractivity contribution in [1.82, 2.24) is 5.32 Å². The standard InChI is InChI=1S/C27H21F4N3O6S/c1-32-26(35)24-19-11-18(15-3-4-15)22(12-23(19)40-25(24)16-5-7-17(28)8-6-16)33(41(38)39)13-14-2-9-21(34(36)37)20(10-14)27(29,30)31/h2,5-12,15H,3-4,13H2,1H3,(H,32,35)(H,38,39). The molecule has 1 unspecified atom stereocenters. The van der Waals surface area contributed by atoms with Crippen molar-refractivity contribution < 1.29 is 40.5 Å². The van der Waals surface area contributed by atoms with Gasteiger partial charge in [0.05, 0.1) is 22.7 Å². The molecule has 0 spiro atoms. The zero-order valence-electron chi connectivity index (χ0n) is 21.2. The smallest absolute Gasteiger partial charge is 0.423 e. The first-order valence-corrected chi connectivity index (χ1v) is 13.3. The van der Waals surface area contributed by atoms with Gasteiger partial charge in [-0.1, -0.05) is 6.07 Å². The molecule has 2 N–H and O–H groups in total. The number of nitro benzene ring substituents is 1. The zero-order valence-corrected chi connectivity index (χ0v) is 22.0. The van der Waals surface area contributed by atoms with E-state index in [1.807, 2.05) is 0 Å². The molecular weight excluding hydrogens is 570 g/mol. The summed E-state index contributed by atoms with van der Waals surface area (Å²) in [5.41, 5.74) is -1.21. The monoisotopic (exact) mass is 591 g/mol. The lowest BCUT2D eigenvalue weighted by Crippen LogP contribution is -2.26. The Bertz CT molecular complexity index is 1700. The number of hydrogen-bond acceptors (Lipinski definition) is 5. The molecule has 1 amide bonds. The molecule has 3 aromatic carbocycles. The van der Waals surface area contributed by atoms with E-state index in [1.165, 1.54) is 37.4 Å². The van der Waals surface area contributed by atoms with Gasteiger partial charge in [0.2, 0.25) is 0 Å². The van der Waals surface area contributed by atoms with Crippen LogP contribution in [0.15, 0.2) is 59.0 Å². The number of hydrogen-bond donors (Lipinski definition) is 2. The normalized spacial score (nSPS) is 14.2. The predicted octanol–water partition coefficient (Wildman–Crippen LogP) is 6.55. The van der Waals surface area contributed by atoms with Crippen molar-refractivity contribution in [1.29, 1.82) is 0 Å². The van der Waals surface area contributed by atoms with Gasteiger partial charge in [-0.2, -0.15) is 13.2 Å². The molecule has 0 radical (unpaired) electrons. The molecular formula is C27H21F4N3O6S. The molecule has 1 aliphatic rings. The van der Waals surface area contributed by atoms with Gasteiger partial charge >= 0.3 is 6.18 Å². The van der Waals surface area contributed by atoms with Crippen LogP contribution < -0.4 is 9.62 Å². The van der Waals surface area contributed by atoms with Crippen molar-refractivity contribution in [3.63, 3.8) is 0 Å². The lowest BCUT2D eigenvalue weighted by atomic mass is 10.00. The molecule has 1 saturated carbocycles. The van der Waals surface area contributed by atoms with Gasteiger partial charge in [0.15, 0.2) is 0 Å². The minimum atomic E-state index is -5.03. The van der Waals surface area contributed by atoms with Crippen LogP contribution in [0.3, 0.4) is 0 Å². The van der Waals surface area contributed by atoms with E-state index in [-0.39, 0.29) is 34.1 Å². The number of nitro groups is 1. The number of fused-ring (bicyclic) bond motifs is 1. The second-order valence-electron chi connectivity index (χ2n) is 9.45. The molecule has 0 saturated heterocycles. The number of carbonyl (C=O) groups is 1. The number of carbonyl (C=O) groups excluding carboxylic acids is 1. The van der Waals surface area contributed by atoms with Gasteiger partial charge in [0.1, 0.15) is 22.7 Å². The minimum absolute atomic E-state index is 0.0512. The van der Waals surface area contributed by atoms with Crippen molar-refractivity contribution >= 4 is 39.5 Å². The third-order valence-corrected chi connectivity index (χ3v) is 7.46. The summed E-state index contributed by atoms with van der Waals surface area (Å²) >= 11 is -2.73. The van der Waals surface area contributed by atoms with Gasteiger partial charge < -0.3 is 9.73 Å². The van der Waals surface area contributed by atoms with E-state index in [2.05, 4.69) is 5.32 Å². The Morgan fingerprint density at radius 3 is 2.41 bits per heavy atom. The molecule has 14 heteroatoms. The summed E-state index contributed by atoms with van der Waals surface area (Å²) in [4.78, 5) is 22.9. The molecule has 9 nitrogen and oxygen atoms in total. The number of amides is 1. The highest BCUT2D eigenvalue weighted by Gasteiger charge is 2.39. The highest BCUT2D eigenvalue weighted by molar-refractivity contribution is 7.80. The van der Waals surface area contributed by atoms with Crippen LogP contribution in [0.5, 0.6) is 0 Å². The van der Waals surface area contributed by atoms with Crippen LogP contribution in [-0.4, -0.2) is 26.6 Å². The number of furan rings is 1. The maximum atomic E-state index is 13.6. The molecule has 1 heterocycles. The fourth-order valence-electron chi connectivity index (χ4n) is 4.70. The van der Waals surface area contributed by atoms with E-state index in [0.29, 0.717) is 28.6 Å². The number of anilines is 1. The van der Waals surface area contributed by atoms with Gasteiger partial charge in [-0.05, 0) is 66.3 Å². The average molecular weight is 592 g/mol. The van der Waals surface area contributed by atoms with Crippen molar-refractivity contribution in [2.24, 2.45) is 0 Å². The van der Waals surface area contributed by atoms with Gasteiger partial charge in [-0.25, -0.2) is 8.60 Å². The lowest BCUT2D eigenvalue weighted by molar-refractivity contribution is -0.388. The highest BCUT2D eigenvalue weighted by Crippen LogP contribution is 2.48. The Kier molecular flexibility index (Phi) is 7.30. The molecule has 1 fully saturated rings. The van der Waals surface area contributed by atoms with E-state index < -0.39 is 51.9 Å². The molecule has 0 bridgehead atoms. The van der Waals surface area contributed by atoms with Gasteiger partial charge in [0, 0.05) is 30.1 Å². The molecule has 214 valence electrons. The predicted molar refractivity (Wildman–Crippen MR) is 142 cm³/mol. The van der Waals surface area contributed by atoms with Crippen LogP contribution >= 0.6 is 0 Å². The molecule has 41 heavy (non-hydrogen) atoms. The number of rotatable bonds is 8. The molecule has 1 aliphatic carbocycles. The maximum Gasteiger partial charge on any atom is 0.423 e. The highest BCUT2D eigenvalue weighted by atomic mass is 32.2. The second-order valence-corrected chi connectivity index (χ2v) is 10.3. The largest absolute Gasteiger partial charge is 0.455 e. The van der Waals surface area contributed by atoms with Crippen LogP contribution in [0.2, 0.25) is 0 Å². The van der Waals surface area contributed by atoms with Gasteiger partial charge in [-0.15, -0.1) is 0 Å². The zero-order chi connectivity index (χ0) is 29.6. The SMILES string of the molecule is CNC(=O)c1c(-c2ccc(F)cc2)oc2cc(N(Cc3ccc([N+](=O)[O-])c(C(F)(F)F)c3)S(=O)O)c(C3CC3)cc12. The van der Waals surface area contributed by atoms with E-state index in [9.17, 15) is 41.2 Å². The van der Waals surface area contributed by atoms with Crippen molar-refractivity contribution in [3.8, 4) is 11.3 Å². The Labute approximate surface area is 232 Å². The summed E-state index contributed by atoms with van der Waals surface area (Å²) in [6, 6.07) is 10.7. The van der Waals surface area contributed by atoms with Crippen molar-refractivity contribution in [2.45, 2.75) is 31.5 Å². The van der Waals surface area contributed by atoms with Gasteiger partial charge in [-0.3, -0.25) is 23.8 Å². The summed E-state index contributed by atoms with van der Waals surface area (Å²) in [5, 5.41) is 14.1. The Morgan fingerprint density at radius 2 is 1.85 bits per heavy atom. The van der Waals surface area contributed by atoms with Crippen molar-refractivity contribution in [2.75, 3.05) is 11.4 Å². The summed E-state index contributed by atoms with van der Waals surface area (Å²) in [6.45, 7) is -0.497. The topological polar surface area (TPSA) is 126 Å². The van der Waals surface area contributed by atoms with Crippen LogP contribution in [0.1, 0.15) is 45.8 Å². The lowest BCUT2D eigenvalue weighted by Gasteiger charge is -2.23. The summed E-state index contributed by atoms with van der Waals surface area (Å²) in [6.07, 6.45) is -3.56. The number of alkyl halides is 3. The Hall–Kier alpha value is -4.30. The van der Waals surface area contributed by atoms with E-state index >= 15 is 0 Å². The molecule has 0 aliphatic heterocycles. The fourth-order valence-corrected chi connectivity index (χ4v) is 5.29. The quantitative estimate of drug-likeness (QED) is 0.104.